The molecule has 0 unspecified atom stereocenters. The van der Waals surface area contributed by atoms with Crippen LogP contribution in [-0.4, -0.2) is 27.0 Å². The summed E-state index contributed by atoms with van der Waals surface area (Å²) in [5.41, 5.74) is 11.0. The third-order valence-electron chi connectivity index (χ3n) is 5.43. The maximum absolute atomic E-state index is 11.9. The first kappa shape index (κ1) is 18.2. The second kappa shape index (κ2) is 7.18. The Balaban J connectivity index is 1.61. The molecule has 0 bridgehead atoms. The summed E-state index contributed by atoms with van der Waals surface area (Å²) in [7, 11) is 0. The SMILES string of the molecule is Cc1cc2c(C(N)=O)cccc2n1-c1nc2c(c(NCc3ccccc3)n1)NCC2. The van der Waals surface area contributed by atoms with Crippen LogP contribution in [0.25, 0.3) is 16.9 Å². The molecule has 1 amide bonds. The van der Waals surface area contributed by atoms with Gasteiger partial charge in [-0.05, 0) is 30.7 Å². The van der Waals surface area contributed by atoms with Gasteiger partial charge < -0.3 is 16.4 Å². The van der Waals surface area contributed by atoms with E-state index in [9.17, 15) is 4.79 Å². The van der Waals surface area contributed by atoms with E-state index in [1.165, 1.54) is 5.56 Å². The molecule has 3 heterocycles. The van der Waals surface area contributed by atoms with Crippen LogP contribution in [-0.2, 0) is 13.0 Å². The van der Waals surface area contributed by atoms with Gasteiger partial charge in [0.25, 0.3) is 0 Å². The highest BCUT2D eigenvalue weighted by molar-refractivity contribution is 6.06. The molecular weight excluding hydrogens is 376 g/mol. The van der Waals surface area contributed by atoms with E-state index in [4.69, 9.17) is 15.7 Å². The smallest absolute Gasteiger partial charge is 0.249 e. The van der Waals surface area contributed by atoms with Crippen LogP contribution in [0.15, 0.2) is 54.6 Å². The fourth-order valence-corrected chi connectivity index (χ4v) is 4.02. The molecule has 1 aliphatic heterocycles. The number of amides is 1. The maximum Gasteiger partial charge on any atom is 0.249 e. The summed E-state index contributed by atoms with van der Waals surface area (Å²) in [6.07, 6.45) is 0.843. The number of anilines is 2. The number of fused-ring (bicyclic) bond motifs is 2. The number of carbonyl (C=O) groups excluding carboxylic acids is 1. The molecule has 4 aromatic rings. The van der Waals surface area contributed by atoms with Gasteiger partial charge in [0, 0.05) is 36.2 Å². The summed E-state index contributed by atoms with van der Waals surface area (Å²) >= 11 is 0. The number of hydrogen-bond acceptors (Lipinski definition) is 5. The van der Waals surface area contributed by atoms with Crippen molar-refractivity contribution in [3.63, 3.8) is 0 Å². The molecule has 0 fully saturated rings. The van der Waals surface area contributed by atoms with E-state index >= 15 is 0 Å². The van der Waals surface area contributed by atoms with Gasteiger partial charge in [0.05, 0.1) is 16.9 Å². The zero-order chi connectivity index (χ0) is 20.7. The number of primary amides is 1. The van der Waals surface area contributed by atoms with Gasteiger partial charge in [-0.3, -0.25) is 9.36 Å². The largest absolute Gasteiger partial charge is 0.380 e. The highest BCUT2D eigenvalue weighted by Crippen LogP contribution is 2.31. The van der Waals surface area contributed by atoms with E-state index in [-0.39, 0.29) is 0 Å². The number of aromatic nitrogens is 3. The Bertz CT molecular complexity index is 1260. The van der Waals surface area contributed by atoms with Gasteiger partial charge in [-0.15, -0.1) is 0 Å². The molecule has 0 atom stereocenters. The molecule has 0 saturated heterocycles. The minimum Gasteiger partial charge on any atom is -0.380 e. The van der Waals surface area contributed by atoms with Crippen LogP contribution in [0.4, 0.5) is 11.5 Å². The summed E-state index contributed by atoms with van der Waals surface area (Å²) < 4.78 is 1.98. The second-order valence-corrected chi connectivity index (χ2v) is 7.43. The first-order valence-corrected chi connectivity index (χ1v) is 9.95. The standard InChI is InChI=1S/C23H22N6O/c1-14-12-17-16(21(24)30)8-5-9-19(17)29(14)23-27-18-10-11-25-20(18)22(28-23)26-13-15-6-3-2-4-7-15/h2-9,12,25H,10-11,13H2,1H3,(H2,24,30)(H,26,27,28). The third kappa shape index (κ3) is 3.04. The molecule has 7 nitrogen and oxygen atoms in total. The summed E-state index contributed by atoms with van der Waals surface area (Å²) in [4.78, 5) is 21.5. The van der Waals surface area contributed by atoms with Gasteiger partial charge in [0.15, 0.2) is 5.82 Å². The molecule has 0 aliphatic carbocycles. The number of nitrogens with one attached hydrogen (secondary N) is 2. The van der Waals surface area contributed by atoms with Crippen molar-refractivity contribution in [3.8, 4) is 5.95 Å². The molecule has 7 heteroatoms. The average molecular weight is 398 g/mol. The van der Waals surface area contributed by atoms with Crippen molar-refractivity contribution in [2.75, 3.05) is 17.2 Å². The van der Waals surface area contributed by atoms with Gasteiger partial charge in [-0.2, -0.15) is 4.98 Å². The van der Waals surface area contributed by atoms with Crippen molar-refractivity contribution in [1.29, 1.82) is 0 Å². The van der Waals surface area contributed by atoms with Gasteiger partial charge in [-0.25, -0.2) is 4.98 Å². The summed E-state index contributed by atoms with van der Waals surface area (Å²) in [6, 6.07) is 17.7. The van der Waals surface area contributed by atoms with Crippen LogP contribution in [0.2, 0.25) is 0 Å². The highest BCUT2D eigenvalue weighted by atomic mass is 16.1. The monoisotopic (exact) mass is 398 g/mol. The first-order valence-electron chi connectivity index (χ1n) is 9.95. The Kier molecular flexibility index (Phi) is 4.35. The number of nitrogens with zero attached hydrogens (tertiary/aromatic N) is 3. The zero-order valence-corrected chi connectivity index (χ0v) is 16.6. The van der Waals surface area contributed by atoms with Gasteiger partial charge in [-0.1, -0.05) is 36.4 Å². The van der Waals surface area contributed by atoms with Crippen molar-refractivity contribution >= 4 is 28.3 Å². The number of aryl methyl sites for hydroxylation is 1. The molecule has 0 saturated carbocycles. The van der Waals surface area contributed by atoms with E-state index < -0.39 is 5.91 Å². The van der Waals surface area contributed by atoms with E-state index in [0.29, 0.717) is 18.1 Å². The Morgan fingerprint density at radius 3 is 2.80 bits per heavy atom. The topological polar surface area (TPSA) is 97.9 Å². The van der Waals surface area contributed by atoms with Crippen LogP contribution in [0.1, 0.15) is 27.3 Å². The van der Waals surface area contributed by atoms with Crippen LogP contribution in [0.3, 0.4) is 0 Å². The predicted octanol–water partition coefficient (Wildman–Crippen LogP) is 3.41. The predicted molar refractivity (Wildman–Crippen MR) is 118 cm³/mol. The Hall–Kier alpha value is -3.87. The zero-order valence-electron chi connectivity index (χ0n) is 16.6. The van der Waals surface area contributed by atoms with E-state index in [0.717, 1.165) is 46.8 Å². The van der Waals surface area contributed by atoms with Crippen molar-refractivity contribution in [2.45, 2.75) is 19.9 Å². The van der Waals surface area contributed by atoms with Crippen LogP contribution in [0.5, 0.6) is 0 Å². The Morgan fingerprint density at radius 2 is 2.00 bits per heavy atom. The van der Waals surface area contributed by atoms with E-state index in [1.807, 2.05) is 47.9 Å². The van der Waals surface area contributed by atoms with Crippen molar-refractivity contribution < 1.29 is 4.79 Å². The van der Waals surface area contributed by atoms with Gasteiger partial charge >= 0.3 is 0 Å². The Morgan fingerprint density at radius 1 is 1.17 bits per heavy atom. The molecule has 1 aliphatic rings. The lowest BCUT2D eigenvalue weighted by molar-refractivity contribution is 0.100. The minimum absolute atomic E-state index is 0.443. The molecule has 5 rings (SSSR count). The van der Waals surface area contributed by atoms with Crippen molar-refractivity contribution in [1.82, 2.24) is 14.5 Å². The number of carbonyl (C=O) groups is 1. The molecule has 2 aromatic heterocycles. The van der Waals surface area contributed by atoms with Crippen molar-refractivity contribution in [2.24, 2.45) is 5.73 Å². The average Bonchev–Trinajstić information content (AvgIpc) is 3.35. The fraction of sp³-hybridized carbons (Fsp3) is 0.174. The summed E-state index contributed by atoms with van der Waals surface area (Å²) in [5.74, 6) is 0.924. The first-order chi connectivity index (χ1) is 14.6. The quantitative estimate of drug-likeness (QED) is 0.479. The molecule has 150 valence electrons. The van der Waals surface area contributed by atoms with E-state index in [1.54, 1.807) is 6.07 Å². The maximum atomic E-state index is 11.9. The molecular formula is C23H22N6O. The molecule has 30 heavy (non-hydrogen) atoms. The van der Waals surface area contributed by atoms with Gasteiger partial charge in [0.1, 0.15) is 0 Å². The summed E-state index contributed by atoms with van der Waals surface area (Å²) in [5, 5.41) is 7.66. The molecule has 0 spiro atoms. The Labute approximate surface area is 174 Å². The van der Waals surface area contributed by atoms with Crippen LogP contribution >= 0.6 is 0 Å². The van der Waals surface area contributed by atoms with Gasteiger partial charge in [0.2, 0.25) is 11.9 Å². The highest BCUT2D eigenvalue weighted by Gasteiger charge is 2.22. The van der Waals surface area contributed by atoms with Crippen molar-refractivity contribution in [3.05, 3.63) is 77.1 Å². The summed E-state index contributed by atoms with van der Waals surface area (Å²) in [6.45, 7) is 3.49. The van der Waals surface area contributed by atoms with E-state index in [2.05, 4.69) is 22.8 Å². The van der Waals surface area contributed by atoms with Crippen LogP contribution < -0.4 is 16.4 Å². The third-order valence-corrected chi connectivity index (χ3v) is 5.43. The molecule has 2 aromatic carbocycles. The lowest BCUT2D eigenvalue weighted by atomic mass is 10.1. The number of rotatable bonds is 5. The lowest BCUT2D eigenvalue weighted by Gasteiger charge is -2.14. The number of benzene rings is 2. The minimum atomic E-state index is -0.443. The second-order valence-electron chi connectivity index (χ2n) is 7.43. The fourth-order valence-electron chi connectivity index (χ4n) is 4.02. The normalized spacial score (nSPS) is 12.6. The number of hydrogen-bond donors (Lipinski definition) is 3. The molecule has 4 N–H and O–H groups in total. The lowest BCUT2D eigenvalue weighted by Crippen LogP contribution is -2.12. The molecule has 0 radical (unpaired) electrons. The van der Waals surface area contributed by atoms with Crippen LogP contribution in [0, 0.1) is 6.92 Å². The number of nitrogens with two attached hydrogens (primary N) is 1.